The normalized spacial score (nSPS) is 13.4. The number of carbonyl (C=O) groups is 1. The molecule has 1 aromatic heterocycles. The lowest BCUT2D eigenvalue weighted by atomic mass is 10.1. The van der Waals surface area contributed by atoms with Crippen LogP contribution in [0.15, 0.2) is 6.20 Å². The van der Waals surface area contributed by atoms with Crippen molar-refractivity contribution in [3.8, 4) is 0 Å². The zero-order valence-electron chi connectivity index (χ0n) is 12.9. The fraction of sp³-hybridized carbons (Fsp3) is 0.714. The van der Waals surface area contributed by atoms with Crippen LogP contribution in [-0.2, 0) is 11.8 Å². The summed E-state index contributed by atoms with van der Waals surface area (Å²) < 4.78 is 1.82. The standard InChI is InChI=1S/C14H26N4O/c1-10(12-9-16-18(6)11(12)2)17-13(19)7-8-15-14(3,4)5/h9-10,15H,7-8H2,1-6H3,(H,17,19). The minimum atomic E-state index is -0.00385. The molecule has 0 saturated carbocycles. The Morgan fingerprint density at radius 3 is 2.58 bits per heavy atom. The van der Waals surface area contributed by atoms with E-state index in [0.29, 0.717) is 13.0 Å². The number of hydrogen-bond acceptors (Lipinski definition) is 3. The van der Waals surface area contributed by atoms with E-state index in [9.17, 15) is 4.79 Å². The molecule has 1 heterocycles. The summed E-state index contributed by atoms with van der Waals surface area (Å²) in [4.78, 5) is 11.9. The van der Waals surface area contributed by atoms with Crippen molar-refractivity contribution < 1.29 is 4.79 Å². The minimum Gasteiger partial charge on any atom is -0.349 e. The Morgan fingerprint density at radius 1 is 1.47 bits per heavy atom. The van der Waals surface area contributed by atoms with Crippen LogP contribution in [0.1, 0.15) is 51.4 Å². The van der Waals surface area contributed by atoms with Gasteiger partial charge in [0.15, 0.2) is 0 Å². The van der Waals surface area contributed by atoms with Gasteiger partial charge in [0.25, 0.3) is 0 Å². The molecule has 1 rings (SSSR count). The molecule has 1 atom stereocenters. The molecule has 1 aromatic rings. The first-order valence-corrected chi connectivity index (χ1v) is 6.73. The Kier molecular flexibility index (Phi) is 5.11. The first kappa shape index (κ1) is 15.7. The van der Waals surface area contributed by atoms with Crippen LogP contribution < -0.4 is 10.6 Å². The maximum atomic E-state index is 11.9. The molecule has 0 aliphatic rings. The average Bonchev–Trinajstić information content (AvgIpc) is 2.57. The van der Waals surface area contributed by atoms with Crippen LogP contribution >= 0.6 is 0 Å². The molecule has 5 nitrogen and oxygen atoms in total. The fourth-order valence-corrected chi connectivity index (χ4v) is 1.88. The highest BCUT2D eigenvalue weighted by molar-refractivity contribution is 5.76. The molecule has 0 aliphatic heterocycles. The van der Waals surface area contributed by atoms with Gasteiger partial charge in [0.05, 0.1) is 12.2 Å². The molecule has 1 unspecified atom stereocenters. The monoisotopic (exact) mass is 266 g/mol. The highest BCUT2D eigenvalue weighted by atomic mass is 16.1. The van der Waals surface area contributed by atoms with E-state index in [0.717, 1.165) is 11.3 Å². The van der Waals surface area contributed by atoms with Crippen molar-refractivity contribution >= 4 is 5.91 Å². The Labute approximate surface area is 115 Å². The van der Waals surface area contributed by atoms with E-state index < -0.39 is 0 Å². The van der Waals surface area contributed by atoms with Gasteiger partial charge in [-0.25, -0.2) is 0 Å². The number of nitrogens with one attached hydrogen (secondary N) is 2. The van der Waals surface area contributed by atoms with Gasteiger partial charge >= 0.3 is 0 Å². The van der Waals surface area contributed by atoms with Crippen molar-refractivity contribution in [3.05, 3.63) is 17.5 Å². The van der Waals surface area contributed by atoms with Gasteiger partial charge in [-0.05, 0) is 34.6 Å². The maximum Gasteiger partial charge on any atom is 0.221 e. The molecule has 5 heteroatoms. The molecule has 1 amide bonds. The lowest BCUT2D eigenvalue weighted by molar-refractivity contribution is -0.121. The Morgan fingerprint density at radius 2 is 2.11 bits per heavy atom. The number of carbonyl (C=O) groups excluding carboxylic acids is 1. The van der Waals surface area contributed by atoms with Gasteiger partial charge in [-0.1, -0.05) is 0 Å². The van der Waals surface area contributed by atoms with Crippen LogP contribution in [0.3, 0.4) is 0 Å². The van der Waals surface area contributed by atoms with Crippen LogP contribution in [0.4, 0.5) is 0 Å². The largest absolute Gasteiger partial charge is 0.349 e. The molecular weight excluding hydrogens is 240 g/mol. The van der Waals surface area contributed by atoms with Gasteiger partial charge in [0, 0.05) is 36.8 Å². The fourth-order valence-electron chi connectivity index (χ4n) is 1.88. The molecule has 0 aliphatic carbocycles. The second-order valence-corrected chi connectivity index (χ2v) is 6.02. The third kappa shape index (κ3) is 5.03. The summed E-state index contributed by atoms with van der Waals surface area (Å²) >= 11 is 0. The minimum absolute atomic E-state index is 0.00385. The lowest BCUT2D eigenvalue weighted by Crippen LogP contribution is -2.38. The van der Waals surface area contributed by atoms with Crippen molar-refractivity contribution in [2.24, 2.45) is 7.05 Å². The van der Waals surface area contributed by atoms with Crippen molar-refractivity contribution in [2.75, 3.05) is 6.54 Å². The third-order valence-electron chi connectivity index (χ3n) is 3.12. The molecule has 0 radical (unpaired) electrons. The molecule has 0 fully saturated rings. The van der Waals surface area contributed by atoms with E-state index >= 15 is 0 Å². The summed E-state index contributed by atoms with van der Waals surface area (Å²) in [7, 11) is 1.90. The number of nitrogens with zero attached hydrogens (tertiary/aromatic N) is 2. The second-order valence-electron chi connectivity index (χ2n) is 6.02. The van der Waals surface area contributed by atoms with Crippen LogP contribution in [-0.4, -0.2) is 27.8 Å². The summed E-state index contributed by atoms with van der Waals surface area (Å²) in [6.07, 6.45) is 2.30. The molecule has 0 bridgehead atoms. The van der Waals surface area contributed by atoms with E-state index in [2.05, 4.69) is 36.5 Å². The first-order chi connectivity index (χ1) is 8.70. The zero-order chi connectivity index (χ0) is 14.6. The topological polar surface area (TPSA) is 59.0 Å². The quantitative estimate of drug-likeness (QED) is 0.852. The SMILES string of the molecule is Cc1c(C(C)NC(=O)CCNC(C)(C)C)cnn1C. The number of rotatable bonds is 5. The second kappa shape index (κ2) is 6.19. The van der Waals surface area contributed by atoms with Gasteiger partial charge < -0.3 is 10.6 Å². The highest BCUT2D eigenvalue weighted by Gasteiger charge is 2.15. The van der Waals surface area contributed by atoms with Crippen molar-refractivity contribution in [3.63, 3.8) is 0 Å². The summed E-state index contributed by atoms with van der Waals surface area (Å²) in [5, 5.41) is 10.5. The molecule has 0 spiro atoms. The van der Waals surface area contributed by atoms with Crippen LogP contribution in [0, 0.1) is 6.92 Å². The van der Waals surface area contributed by atoms with Crippen molar-refractivity contribution in [2.45, 2.75) is 52.6 Å². The van der Waals surface area contributed by atoms with Crippen LogP contribution in [0.25, 0.3) is 0 Å². The number of aryl methyl sites for hydroxylation is 1. The average molecular weight is 266 g/mol. The van der Waals surface area contributed by atoms with Gasteiger partial charge in [-0.3, -0.25) is 9.48 Å². The summed E-state index contributed by atoms with van der Waals surface area (Å²) in [5.41, 5.74) is 2.20. The van der Waals surface area contributed by atoms with Crippen molar-refractivity contribution in [1.29, 1.82) is 0 Å². The van der Waals surface area contributed by atoms with Crippen LogP contribution in [0.5, 0.6) is 0 Å². The summed E-state index contributed by atoms with van der Waals surface area (Å²) in [6.45, 7) is 10.9. The van der Waals surface area contributed by atoms with E-state index in [4.69, 9.17) is 0 Å². The van der Waals surface area contributed by atoms with Gasteiger partial charge in [0.1, 0.15) is 0 Å². The lowest BCUT2D eigenvalue weighted by Gasteiger charge is -2.20. The summed E-state index contributed by atoms with van der Waals surface area (Å²) in [6, 6.07) is -0.00385. The van der Waals surface area contributed by atoms with E-state index in [1.54, 1.807) is 0 Å². The Hall–Kier alpha value is -1.36. The van der Waals surface area contributed by atoms with E-state index in [1.807, 2.05) is 31.8 Å². The predicted molar refractivity (Wildman–Crippen MR) is 76.9 cm³/mol. The zero-order valence-corrected chi connectivity index (χ0v) is 12.9. The first-order valence-electron chi connectivity index (χ1n) is 6.73. The van der Waals surface area contributed by atoms with Gasteiger partial charge in [-0.2, -0.15) is 5.10 Å². The molecule has 19 heavy (non-hydrogen) atoms. The van der Waals surface area contributed by atoms with E-state index in [-0.39, 0.29) is 17.5 Å². The molecule has 2 N–H and O–H groups in total. The Balaban J connectivity index is 2.42. The van der Waals surface area contributed by atoms with Gasteiger partial charge in [0.2, 0.25) is 5.91 Å². The van der Waals surface area contributed by atoms with E-state index in [1.165, 1.54) is 0 Å². The highest BCUT2D eigenvalue weighted by Crippen LogP contribution is 2.15. The predicted octanol–water partition coefficient (Wildman–Crippen LogP) is 1.68. The number of amides is 1. The number of hydrogen-bond donors (Lipinski definition) is 2. The number of aromatic nitrogens is 2. The summed E-state index contributed by atoms with van der Waals surface area (Å²) in [5.74, 6) is 0.0625. The van der Waals surface area contributed by atoms with Crippen molar-refractivity contribution in [1.82, 2.24) is 20.4 Å². The molecule has 0 aromatic carbocycles. The molecule has 108 valence electrons. The maximum absolute atomic E-state index is 11.9. The Bertz CT molecular complexity index is 431. The molecule has 0 saturated heterocycles. The van der Waals surface area contributed by atoms with Gasteiger partial charge in [-0.15, -0.1) is 0 Å². The smallest absolute Gasteiger partial charge is 0.221 e. The molecular formula is C14H26N4O. The third-order valence-corrected chi connectivity index (χ3v) is 3.12. The van der Waals surface area contributed by atoms with Crippen LogP contribution in [0.2, 0.25) is 0 Å².